The molecule has 8 nitrogen and oxygen atoms in total. The predicted molar refractivity (Wildman–Crippen MR) is 101 cm³/mol. The Hall–Kier alpha value is -3.65. The van der Waals surface area contributed by atoms with Crippen molar-refractivity contribution in [1.82, 2.24) is 15.3 Å². The Morgan fingerprint density at radius 1 is 0.964 bits per heavy atom. The van der Waals surface area contributed by atoms with Gasteiger partial charge in [0.15, 0.2) is 11.4 Å². The normalized spacial score (nSPS) is 13.1. The summed E-state index contributed by atoms with van der Waals surface area (Å²) < 4.78 is 4.89. The largest absolute Gasteiger partial charge is 0.383 e. The Kier molecular flexibility index (Phi) is 4.54. The number of anilines is 1. The predicted octanol–water partition coefficient (Wildman–Crippen LogP) is 1.81. The number of methoxy groups -OCH3 is 1. The lowest BCUT2D eigenvalue weighted by molar-refractivity contribution is 0.0919. The third kappa shape index (κ3) is 2.99. The second-order valence-electron chi connectivity index (χ2n) is 6.15. The van der Waals surface area contributed by atoms with Crippen molar-refractivity contribution >= 4 is 34.4 Å². The number of hydrogen-bond acceptors (Lipinski definition) is 6. The lowest BCUT2D eigenvalue weighted by atomic mass is 10.2. The third-order valence-corrected chi connectivity index (χ3v) is 4.36. The molecule has 0 spiro atoms. The molecule has 1 aliphatic rings. The molecule has 8 heteroatoms. The molecule has 1 N–H and O–H groups in total. The number of nitrogens with one attached hydrogen (secondary N) is 1. The van der Waals surface area contributed by atoms with Crippen molar-refractivity contribution in [2.75, 3.05) is 25.2 Å². The van der Waals surface area contributed by atoms with Crippen molar-refractivity contribution in [2.45, 2.75) is 0 Å². The van der Waals surface area contributed by atoms with Gasteiger partial charge in [0.25, 0.3) is 17.7 Å². The molecule has 2 aromatic carbocycles. The molecule has 1 aliphatic heterocycles. The molecule has 0 bridgehead atoms. The van der Waals surface area contributed by atoms with E-state index in [4.69, 9.17) is 4.74 Å². The number of fused-ring (bicyclic) bond motifs is 2. The highest BCUT2D eigenvalue weighted by Gasteiger charge is 2.40. The maximum Gasteiger partial charge on any atom is 0.286 e. The van der Waals surface area contributed by atoms with Gasteiger partial charge in [-0.25, -0.2) is 14.9 Å². The molecule has 0 saturated carbocycles. The number of aromatic nitrogens is 2. The summed E-state index contributed by atoms with van der Waals surface area (Å²) in [5.74, 6) is -1.33. The van der Waals surface area contributed by atoms with Gasteiger partial charge in [0.2, 0.25) is 0 Å². The summed E-state index contributed by atoms with van der Waals surface area (Å²) in [6.07, 6.45) is 0. The number of amides is 3. The van der Waals surface area contributed by atoms with Crippen LogP contribution in [0.25, 0.3) is 11.0 Å². The van der Waals surface area contributed by atoms with Gasteiger partial charge in [-0.15, -0.1) is 0 Å². The summed E-state index contributed by atoms with van der Waals surface area (Å²) in [6, 6.07) is 13.3. The molecule has 140 valence electrons. The fourth-order valence-corrected chi connectivity index (χ4v) is 2.97. The van der Waals surface area contributed by atoms with E-state index < -0.39 is 11.8 Å². The molecule has 3 amide bonds. The highest BCUT2D eigenvalue weighted by Crippen LogP contribution is 2.28. The number of carbonyl (C=O) groups is 3. The van der Waals surface area contributed by atoms with Gasteiger partial charge in [0.1, 0.15) is 0 Å². The van der Waals surface area contributed by atoms with Gasteiger partial charge < -0.3 is 10.1 Å². The minimum atomic E-state index is -0.532. The highest BCUT2D eigenvalue weighted by molar-refractivity contribution is 6.33. The van der Waals surface area contributed by atoms with E-state index in [1.165, 1.54) is 0 Å². The summed E-state index contributed by atoms with van der Waals surface area (Å²) >= 11 is 0. The molecule has 0 saturated heterocycles. The van der Waals surface area contributed by atoms with Gasteiger partial charge in [0, 0.05) is 19.2 Å². The van der Waals surface area contributed by atoms with Crippen LogP contribution in [-0.2, 0) is 4.74 Å². The average Bonchev–Trinajstić information content (AvgIpc) is 2.96. The molecule has 0 fully saturated rings. The molecule has 0 atom stereocenters. The second-order valence-corrected chi connectivity index (χ2v) is 6.15. The van der Waals surface area contributed by atoms with Crippen molar-refractivity contribution in [2.24, 2.45) is 0 Å². The number of carbonyl (C=O) groups excluding carboxylic acids is 3. The van der Waals surface area contributed by atoms with Gasteiger partial charge in [-0.3, -0.25) is 14.4 Å². The molecular formula is C20H16N4O4. The molecule has 0 radical (unpaired) electrons. The zero-order valence-electron chi connectivity index (χ0n) is 15.0. The molecule has 0 aliphatic carbocycles. The van der Waals surface area contributed by atoms with E-state index >= 15 is 0 Å². The first-order chi connectivity index (χ1) is 13.6. The van der Waals surface area contributed by atoms with E-state index in [0.717, 1.165) is 4.90 Å². The lowest BCUT2D eigenvalue weighted by Gasteiger charge is -2.13. The number of nitrogens with zero attached hydrogens (tertiary/aromatic N) is 3. The van der Waals surface area contributed by atoms with Gasteiger partial charge in [-0.2, -0.15) is 0 Å². The smallest absolute Gasteiger partial charge is 0.286 e. The van der Waals surface area contributed by atoms with Crippen LogP contribution in [0.4, 0.5) is 5.69 Å². The van der Waals surface area contributed by atoms with E-state index in [-0.39, 0.29) is 17.3 Å². The van der Waals surface area contributed by atoms with E-state index in [2.05, 4.69) is 15.3 Å². The summed E-state index contributed by atoms with van der Waals surface area (Å²) in [5.41, 5.74) is 1.93. The second kappa shape index (κ2) is 7.16. The first-order valence-corrected chi connectivity index (χ1v) is 8.63. The summed E-state index contributed by atoms with van der Waals surface area (Å²) in [4.78, 5) is 47.2. The van der Waals surface area contributed by atoms with Gasteiger partial charge >= 0.3 is 0 Å². The number of imide groups is 1. The van der Waals surface area contributed by atoms with Crippen LogP contribution in [0, 0.1) is 0 Å². The average molecular weight is 376 g/mol. The molecule has 28 heavy (non-hydrogen) atoms. The van der Waals surface area contributed by atoms with Gasteiger partial charge in [-0.05, 0) is 36.4 Å². The third-order valence-electron chi connectivity index (χ3n) is 4.36. The van der Waals surface area contributed by atoms with Crippen molar-refractivity contribution in [3.63, 3.8) is 0 Å². The minimum absolute atomic E-state index is 0.0325. The Bertz CT molecular complexity index is 1040. The first kappa shape index (κ1) is 17.7. The number of ether oxygens (including phenoxy) is 1. The zero-order valence-corrected chi connectivity index (χ0v) is 15.0. The molecule has 3 aromatic rings. The van der Waals surface area contributed by atoms with Crippen molar-refractivity contribution in [3.8, 4) is 0 Å². The Morgan fingerprint density at radius 2 is 1.54 bits per heavy atom. The monoisotopic (exact) mass is 376 g/mol. The molecule has 2 heterocycles. The number of hydrogen-bond donors (Lipinski definition) is 1. The fourth-order valence-electron chi connectivity index (χ4n) is 2.97. The Balaban J connectivity index is 1.61. The maximum absolute atomic E-state index is 12.8. The quantitative estimate of drug-likeness (QED) is 0.538. The Morgan fingerprint density at radius 3 is 2.07 bits per heavy atom. The van der Waals surface area contributed by atoms with E-state index in [0.29, 0.717) is 35.4 Å². The van der Waals surface area contributed by atoms with Crippen LogP contribution in [0.2, 0.25) is 0 Å². The standard InChI is InChI=1S/C20H16N4O4/c1-28-11-10-21-18(25)12-6-8-13(9-7-12)24-19(26)16-17(20(24)27)23-15-5-3-2-4-14(15)22-16/h2-9H,10-11H2,1H3,(H,21,25). The lowest BCUT2D eigenvalue weighted by Crippen LogP contribution is -2.30. The van der Waals surface area contributed by atoms with Gasteiger partial charge in [-0.1, -0.05) is 12.1 Å². The van der Waals surface area contributed by atoms with Crippen LogP contribution in [-0.4, -0.2) is 48.0 Å². The SMILES string of the molecule is COCCNC(=O)c1ccc(N2C(=O)c3nc4ccccc4nc3C2=O)cc1. The molecule has 4 rings (SSSR count). The fraction of sp³-hybridized carbons (Fsp3) is 0.150. The number of benzene rings is 2. The van der Waals surface area contributed by atoms with Crippen LogP contribution >= 0.6 is 0 Å². The van der Waals surface area contributed by atoms with Crippen LogP contribution in [0.1, 0.15) is 31.3 Å². The van der Waals surface area contributed by atoms with Crippen molar-refractivity contribution in [3.05, 3.63) is 65.5 Å². The maximum atomic E-state index is 12.8. The minimum Gasteiger partial charge on any atom is -0.383 e. The van der Waals surface area contributed by atoms with Crippen LogP contribution < -0.4 is 10.2 Å². The van der Waals surface area contributed by atoms with Gasteiger partial charge in [0.05, 0.1) is 23.3 Å². The number of para-hydroxylation sites is 2. The molecular weight excluding hydrogens is 360 g/mol. The van der Waals surface area contributed by atoms with E-state index in [1.54, 1.807) is 55.6 Å². The summed E-state index contributed by atoms with van der Waals surface area (Å²) in [6.45, 7) is 0.799. The summed E-state index contributed by atoms with van der Waals surface area (Å²) in [5, 5.41) is 2.71. The van der Waals surface area contributed by atoms with Crippen molar-refractivity contribution in [1.29, 1.82) is 0 Å². The molecule has 1 aromatic heterocycles. The van der Waals surface area contributed by atoms with Crippen molar-refractivity contribution < 1.29 is 19.1 Å². The topological polar surface area (TPSA) is 101 Å². The zero-order chi connectivity index (χ0) is 19.7. The summed E-state index contributed by atoms with van der Waals surface area (Å²) in [7, 11) is 1.55. The number of rotatable bonds is 5. The first-order valence-electron chi connectivity index (χ1n) is 8.63. The Labute approximate surface area is 160 Å². The van der Waals surface area contributed by atoms with Crippen LogP contribution in [0.15, 0.2) is 48.5 Å². The van der Waals surface area contributed by atoms with E-state index in [1.807, 2.05) is 0 Å². The van der Waals surface area contributed by atoms with Crippen LogP contribution in [0.3, 0.4) is 0 Å². The van der Waals surface area contributed by atoms with Crippen LogP contribution in [0.5, 0.6) is 0 Å². The molecule has 0 unspecified atom stereocenters. The highest BCUT2D eigenvalue weighted by atomic mass is 16.5. The van der Waals surface area contributed by atoms with E-state index in [9.17, 15) is 14.4 Å².